The molecule has 94 valence electrons. The fraction of sp³-hybridized carbons (Fsp3) is 0.800. The van der Waals surface area contributed by atoms with Crippen LogP contribution in [0.5, 0.6) is 0 Å². The Hall–Kier alpha value is -1.11. The molecule has 1 fully saturated rings. The van der Waals surface area contributed by atoms with Crippen LogP contribution in [0.25, 0.3) is 0 Å². The van der Waals surface area contributed by atoms with E-state index in [1.807, 2.05) is 6.92 Å². The molecular formula is C10H17N5OS. The summed E-state index contributed by atoms with van der Waals surface area (Å²) in [6, 6.07) is 0.364. The summed E-state index contributed by atoms with van der Waals surface area (Å²) >= 11 is 1.38. The zero-order valence-corrected chi connectivity index (χ0v) is 10.9. The van der Waals surface area contributed by atoms with Crippen molar-refractivity contribution >= 4 is 17.7 Å². The first-order valence-electron chi connectivity index (χ1n) is 5.86. The van der Waals surface area contributed by atoms with Crippen molar-refractivity contribution in [1.29, 1.82) is 0 Å². The van der Waals surface area contributed by atoms with E-state index in [4.69, 9.17) is 0 Å². The molecule has 7 heteroatoms. The third kappa shape index (κ3) is 3.18. The molecule has 0 spiro atoms. The number of hydrogen-bond donors (Lipinski definition) is 1. The van der Waals surface area contributed by atoms with Crippen molar-refractivity contribution in [3.63, 3.8) is 0 Å². The van der Waals surface area contributed by atoms with Gasteiger partial charge >= 0.3 is 0 Å². The van der Waals surface area contributed by atoms with E-state index in [9.17, 15) is 4.79 Å². The standard InChI is InChI=1S/C10H17N5OS/c1-7(17-10-12-13-14-15(10)2)9(16)11-8-5-3-4-6-8/h7-8H,3-6H2,1-2H3,(H,11,16)/t7-/m0/s1. The first kappa shape index (κ1) is 12.3. The van der Waals surface area contributed by atoms with Gasteiger partial charge < -0.3 is 5.32 Å². The van der Waals surface area contributed by atoms with E-state index in [0.717, 1.165) is 12.8 Å². The fourth-order valence-electron chi connectivity index (χ4n) is 1.92. The Bertz CT molecular complexity index is 388. The van der Waals surface area contributed by atoms with E-state index >= 15 is 0 Å². The monoisotopic (exact) mass is 255 g/mol. The Balaban J connectivity index is 1.84. The van der Waals surface area contributed by atoms with Crippen LogP contribution in [-0.4, -0.2) is 37.4 Å². The van der Waals surface area contributed by atoms with Gasteiger partial charge in [0.05, 0.1) is 5.25 Å². The van der Waals surface area contributed by atoms with Crippen LogP contribution in [-0.2, 0) is 11.8 Å². The zero-order chi connectivity index (χ0) is 12.3. The molecule has 1 N–H and O–H groups in total. The Labute approximate surface area is 105 Å². The molecule has 2 rings (SSSR count). The molecule has 17 heavy (non-hydrogen) atoms. The molecule has 0 radical (unpaired) electrons. The number of tetrazole rings is 1. The van der Waals surface area contributed by atoms with E-state index in [1.54, 1.807) is 11.7 Å². The van der Waals surface area contributed by atoms with Gasteiger partial charge in [0, 0.05) is 13.1 Å². The molecule has 0 saturated heterocycles. The number of carbonyl (C=O) groups is 1. The van der Waals surface area contributed by atoms with Crippen LogP contribution in [0, 0.1) is 0 Å². The summed E-state index contributed by atoms with van der Waals surface area (Å²) in [5, 5.41) is 14.7. The normalized spacial score (nSPS) is 18.2. The second-order valence-electron chi connectivity index (χ2n) is 4.34. The molecule has 1 heterocycles. The van der Waals surface area contributed by atoms with Crippen LogP contribution in [0.3, 0.4) is 0 Å². The maximum atomic E-state index is 11.9. The summed E-state index contributed by atoms with van der Waals surface area (Å²) in [5.74, 6) is 0.0740. The van der Waals surface area contributed by atoms with E-state index in [1.165, 1.54) is 24.6 Å². The number of nitrogens with zero attached hydrogens (tertiary/aromatic N) is 4. The quantitative estimate of drug-likeness (QED) is 0.804. The lowest BCUT2D eigenvalue weighted by atomic mass is 10.2. The van der Waals surface area contributed by atoms with Crippen LogP contribution in [0.2, 0.25) is 0 Å². The molecule has 0 aromatic carbocycles. The Kier molecular flexibility index (Phi) is 3.98. The topological polar surface area (TPSA) is 72.7 Å². The number of amides is 1. The first-order valence-corrected chi connectivity index (χ1v) is 6.74. The summed E-state index contributed by atoms with van der Waals surface area (Å²) in [6.07, 6.45) is 4.66. The van der Waals surface area contributed by atoms with Gasteiger partial charge in [-0.05, 0) is 30.2 Å². The van der Waals surface area contributed by atoms with Crippen LogP contribution in [0.1, 0.15) is 32.6 Å². The van der Waals surface area contributed by atoms with Crippen molar-refractivity contribution in [3.05, 3.63) is 0 Å². The number of thioether (sulfide) groups is 1. The minimum Gasteiger partial charge on any atom is -0.352 e. The second kappa shape index (κ2) is 5.48. The molecule has 0 unspecified atom stereocenters. The van der Waals surface area contributed by atoms with Crippen LogP contribution < -0.4 is 5.32 Å². The smallest absolute Gasteiger partial charge is 0.233 e. The number of nitrogens with one attached hydrogen (secondary N) is 1. The highest BCUT2D eigenvalue weighted by molar-refractivity contribution is 8.00. The highest BCUT2D eigenvalue weighted by Crippen LogP contribution is 2.21. The van der Waals surface area contributed by atoms with Crippen molar-refractivity contribution in [2.75, 3.05) is 0 Å². The third-order valence-corrected chi connectivity index (χ3v) is 4.06. The average Bonchev–Trinajstić information content (AvgIpc) is 2.91. The van der Waals surface area contributed by atoms with Crippen molar-refractivity contribution in [2.45, 2.75) is 49.1 Å². The van der Waals surface area contributed by atoms with Crippen molar-refractivity contribution < 1.29 is 4.79 Å². The molecule has 1 aliphatic rings. The van der Waals surface area contributed by atoms with Gasteiger partial charge in [-0.1, -0.05) is 24.6 Å². The first-order chi connectivity index (χ1) is 8.16. The predicted molar refractivity (Wildman–Crippen MR) is 64.5 cm³/mol. The van der Waals surface area contributed by atoms with Crippen LogP contribution in [0.4, 0.5) is 0 Å². The van der Waals surface area contributed by atoms with Gasteiger partial charge in [0.15, 0.2) is 0 Å². The highest BCUT2D eigenvalue weighted by atomic mass is 32.2. The van der Waals surface area contributed by atoms with E-state index in [2.05, 4.69) is 20.8 Å². The van der Waals surface area contributed by atoms with Gasteiger partial charge in [-0.2, -0.15) is 0 Å². The van der Waals surface area contributed by atoms with E-state index in [-0.39, 0.29) is 11.2 Å². The number of carbonyl (C=O) groups excluding carboxylic acids is 1. The van der Waals surface area contributed by atoms with E-state index in [0.29, 0.717) is 11.2 Å². The third-order valence-electron chi connectivity index (χ3n) is 2.93. The SMILES string of the molecule is C[C@H](Sc1nnnn1C)C(=O)NC1CCCC1. The molecule has 1 atom stereocenters. The average molecular weight is 255 g/mol. The van der Waals surface area contributed by atoms with Crippen molar-refractivity contribution in [1.82, 2.24) is 25.5 Å². The van der Waals surface area contributed by atoms with Gasteiger partial charge in [0.2, 0.25) is 11.1 Å². The molecule has 1 aromatic heterocycles. The van der Waals surface area contributed by atoms with Gasteiger partial charge in [-0.3, -0.25) is 4.79 Å². The predicted octanol–water partition coefficient (Wildman–Crippen LogP) is 0.749. The molecule has 1 aromatic rings. The Morgan fingerprint density at radius 2 is 2.24 bits per heavy atom. The zero-order valence-electron chi connectivity index (χ0n) is 10.1. The minimum atomic E-state index is -0.166. The van der Waals surface area contributed by atoms with Gasteiger partial charge in [-0.15, -0.1) is 5.10 Å². The highest BCUT2D eigenvalue weighted by Gasteiger charge is 2.22. The number of hydrogen-bond acceptors (Lipinski definition) is 5. The number of aromatic nitrogens is 4. The summed E-state index contributed by atoms with van der Waals surface area (Å²) in [5.41, 5.74) is 0. The lowest BCUT2D eigenvalue weighted by Crippen LogP contribution is -2.37. The number of aryl methyl sites for hydroxylation is 1. The van der Waals surface area contributed by atoms with Gasteiger partial charge in [0.25, 0.3) is 0 Å². The van der Waals surface area contributed by atoms with Crippen LogP contribution >= 0.6 is 11.8 Å². The van der Waals surface area contributed by atoms with Gasteiger partial charge in [0.1, 0.15) is 0 Å². The summed E-state index contributed by atoms with van der Waals surface area (Å²) in [7, 11) is 1.77. The molecule has 1 saturated carbocycles. The lowest BCUT2D eigenvalue weighted by molar-refractivity contribution is -0.120. The molecule has 1 aliphatic carbocycles. The summed E-state index contributed by atoms with van der Waals surface area (Å²) < 4.78 is 1.57. The Morgan fingerprint density at radius 1 is 1.53 bits per heavy atom. The molecule has 0 bridgehead atoms. The molecule has 0 aliphatic heterocycles. The summed E-state index contributed by atoms with van der Waals surface area (Å²) in [4.78, 5) is 11.9. The largest absolute Gasteiger partial charge is 0.352 e. The van der Waals surface area contributed by atoms with E-state index < -0.39 is 0 Å². The maximum Gasteiger partial charge on any atom is 0.233 e. The Morgan fingerprint density at radius 3 is 2.82 bits per heavy atom. The van der Waals surface area contributed by atoms with Crippen molar-refractivity contribution in [2.24, 2.45) is 7.05 Å². The second-order valence-corrected chi connectivity index (χ2v) is 5.64. The van der Waals surface area contributed by atoms with Crippen molar-refractivity contribution in [3.8, 4) is 0 Å². The molecule has 1 amide bonds. The van der Waals surface area contributed by atoms with Crippen LogP contribution in [0.15, 0.2) is 5.16 Å². The molecular weight excluding hydrogens is 238 g/mol. The molecule has 6 nitrogen and oxygen atoms in total. The maximum absolute atomic E-state index is 11.9. The van der Waals surface area contributed by atoms with Gasteiger partial charge in [-0.25, -0.2) is 4.68 Å². The number of rotatable bonds is 4. The lowest BCUT2D eigenvalue weighted by Gasteiger charge is -2.15. The minimum absolute atomic E-state index is 0.0740. The summed E-state index contributed by atoms with van der Waals surface area (Å²) in [6.45, 7) is 1.88. The fourth-order valence-corrected chi connectivity index (χ4v) is 2.69.